The van der Waals surface area contributed by atoms with Gasteiger partial charge in [0.25, 0.3) is 0 Å². The summed E-state index contributed by atoms with van der Waals surface area (Å²) in [6.07, 6.45) is 3.04. The molecule has 3 aliphatic heterocycles. The summed E-state index contributed by atoms with van der Waals surface area (Å²) in [6.45, 7) is 10.3. The fourth-order valence-electron chi connectivity index (χ4n) is 5.24. The summed E-state index contributed by atoms with van der Waals surface area (Å²) in [5.41, 5.74) is 3.28. The maximum absolute atomic E-state index is 12.9. The number of hydrogen-bond acceptors (Lipinski definition) is 6. The molecule has 3 aliphatic rings. The fraction of sp³-hybridized carbons (Fsp3) is 0.519. The molecule has 0 aromatic heterocycles. The Morgan fingerprint density at radius 1 is 0.941 bits per heavy atom. The van der Waals surface area contributed by atoms with Crippen molar-refractivity contribution in [3.05, 3.63) is 48.0 Å². The highest BCUT2D eigenvalue weighted by Gasteiger charge is 2.28. The number of nitrogens with one attached hydrogen (secondary N) is 1. The molecule has 2 saturated heterocycles. The number of carbonyl (C=O) groups is 1. The zero-order valence-electron chi connectivity index (χ0n) is 20.2. The number of hydrogen-bond donors (Lipinski definition) is 1. The predicted octanol–water partition coefficient (Wildman–Crippen LogP) is 3.77. The summed E-state index contributed by atoms with van der Waals surface area (Å²) in [6, 6.07) is 14.7. The molecule has 1 amide bonds. The van der Waals surface area contributed by atoms with Crippen LogP contribution in [0, 0.1) is 0 Å². The van der Waals surface area contributed by atoms with E-state index >= 15 is 0 Å². The van der Waals surface area contributed by atoms with Crippen LogP contribution < -0.4 is 19.7 Å². The molecule has 5 rings (SSSR count). The first-order chi connectivity index (χ1) is 16.7. The lowest BCUT2D eigenvalue weighted by Gasteiger charge is -2.35. The van der Waals surface area contributed by atoms with E-state index in [1.807, 2.05) is 18.2 Å². The third-order valence-corrected chi connectivity index (χ3v) is 7.20. The Labute approximate surface area is 202 Å². The highest BCUT2D eigenvalue weighted by atomic mass is 16.5. The molecular weight excluding hydrogens is 428 g/mol. The van der Waals surface area contributed by atoms with Gasteiger partial charge in [-0.15, -0.1) is 0 Å². The summed E-state index contributed by atoms with van der Waals surface area (Å²) >= 11 is 0. The number of anilines is 2. The van der Waals surface area contributed by atoms with Crippen LogP contribution in [0.15, 0.2) is 42.5 Å². The van der Waals surface area contributed by atoms with Crippen LogP contribution >= 0.6 is 0 Å². The molecule has 0 saturated carbocycles. The highest BCUT2D eigenvalue weighted by molar-refractivity contribution is 5.92. The summed E-state index contributed by atoms with van der Waals surface area (Å²) in [5.74, 6) is 1.67. The Kier molecular flexibility index (Phi) is 7.21. The van der Waals surface area contributed by atoms with E-state index in [1.54, 1.807) is 0 Å². The normalized spacial score (nSPS) is 21.3. The molecule has 3 heterocycles. The molecule has 34 heavy (non-hydrogen) atoms. The lowest BCUT2D eigenvalue weighted by molar-refractivity contribution is -0.117. The van der Waals surface area contributed by atoms with Gasteiger partial charge < -0.3 is 24.6 Å². The first-order valence-corrected chi connectivity index (χ1v) is 12.7. The van der Waals surface area contributed by atoms with Gasteiger partial charge >= 0.3 is 0 Å². The van der Waals surface area contributed by atoms with E-state index in [4.69, 9.17) is 9.47 Å². The molecule has 0 radical (unpaired) electrons. The number of ether oxygens (including phenoxy) is 2. The average Bonchev–Trinajstić information content (AvgIpc) is 3.19. The van der Waals surface area contributed by atoms with E-state index < -0.39 is 0 Å². The van der Waals surface area contributed by atoms with Crippen LogP contribution in [0.2, 0.25) is 0 Å². The number of piperazine rings is 1. The number of carbonyl (C=O) groups excluding carboxylic acids is 1. The molecular formula is C27H36N4O3. The van der Waals surface area contributed by atoms with Gasteiger partial charge in [-0.1, -0.05) is 13.0 Å². The van der Waals surface area contributed by atoms with Gasteiger partial charge in [-0.05, 0) is 67.9 Å². The Hall–Kier alpha value is -2.77. The minimum absolute atomic E-state index is 0.0329. The summed E-state index contributed by atoms with van der Waals surface area (Å²) in [7, 11) is 0. The van der Waals surface area contributed by atoms with Gasteiger partial charge in [-0.2, -0.15) is 0 Å². The Bertz CT molecular complexity index is 972. The van der Waals surface area contributed by atoms with Crippen LogP contribution in [-0.2, 0) is 4.79 Å². The van der Waals surface area contributed by atoms with E-state index in [0.717, 1.165) is 75.7 Å². The van der Waals surface area contributed by atoms with Crippen LogP contribution in [0.3, 0.4) is 0 Å². The lowest BCUT2D eigenvalue weighted by Crippen LogP contribution is -2.46. The van der Waals surface area contributed by atoms with E-state index in [9.17, 15) is 4.79 Å². The number of fused-ring (bicyclic) bond motifs is 1. The van der Waals surface area contributed by atoms with Crippen LogP contribution in [0.4, 0.5) is 11.4 Å². The molecule has 0 spiro atoms. The zero-order chi connectivity index (χ0) is 23.3. The molecule has 7 heteroatoms. The molecule has 1 atom stereocenters. The Balaban J connectivity index is 1.17. The van der Waals surface area contributed by atoms with E-state index in [1.165, 1.54) is 11.3 Å². The minimum Gasteiger partial charge on any atom is -0.490 e. The van der Waals surface area contributed by atoms with E-state index in [0.29, 0.717) is 19.8 Å². The van der Waals surface area contributed by atoms with Crippen molar-refractivity contribution in [3.8, 4) is 11.5 Å². The van der Waals surface area contributed by atoms with Gasteiger partial charge in [-0.3, -0.25) is 9.69 Å². The van der Waals surface area contributed by atoms with Crippen LogP contribution in [-0.4, -0.2) is 74.7 Å². The highest BCUT2D eigenvalue weighted by Crippen LogP contribution is 2.37. The third-order valence-electron chi connectivity index (χ3n) is 7.20. The second-order valence-electron chi connectivity index (χ2n) is 9.40. The topological polar surface area (TPSA) is 57.3 Å². The maximum Gasteiger partial charge on any atom is 0.238 e. The third kappa shape index (κ3) is 5.31. The molecule has 2 fully saturated rings. The van der Waals surface area contributed by atoms with Crippen molar-refractivity contribution < 1.29 is 14.3 Å². The molecule has 2 aromatic carbocycles. The molecule has 1 N–H and O–H groups in total. The van der Waals surface area contributed by atoms with Crippen LogP contribution in [0.1, 0.15) is 37.8 Å². The van der Waals surface area contributed by atoms with Gasteiger partial charge in [0.05, 0.1) is 19.8 Å². The summed E-state index contributed by atoms with van der Waals surface area (Å²) < 4.78 is 11.7. The van der Waals surface area contributed by atoms with Crippen LogP contribution in [0.25, 0.3) is 0 Å². The molecule has 0 bridgehead atoms. The number of benzene rings is 2. The standard InChI is InChI=1S/C27H36N4O3/c1-2-29-13-15-30(16-14-29)23-9-7-22(8-10-23)28-27(32)20-31-12-3-5-24(31)21-6-11-25-26(19-21)34-18-4-17-33-25/h6-11,19,24H,2-5,12-18,20H2,1H3,(H,28,32)/t24-/m0/s1. The van der Waals surface area contributed by atoms with Crippen LogP contribution in [0.5, 0.6) is 11.5 Å². The van der Waals surface area contributed by atoms with Crippen molar-refractivity contribution in [2.24, 2.45) is 0 Å². The van der Waals surface area contributed by atoms with Gasteiger partial charge in [0, 0.05) is 50.0 Å². The maximum atomic E-state index is 12.9. The molecule has 2 aromatic rings. The Morgan fingerprint density at radius 2 is 1.71 bits per heavy atom. The second kappa shape index (κ2) is 10.7. The van der Waals surface area contributed by atoms with Gasteiger partial charge in [-0.25, -0.2) is 0 Å². The molecule has 0 aliphatic carbocycles. The smallest absolute Gasteiger partial charge is 0.238 e. The van der Waals surface area contributed by atoms with Crippen molar-refractivity contribution in [2.45, 2.75) is 32.2 Å². The fourth-order valence-corrected chi connectivity index (χ4v) is 5.24. The summed E-state index contributed by atoms with van der Waals surface area (Å²) in [4.78, 5) is 20.0. The molecule has 0 unspecified atom stereocenters. The predicted molar refractivity (Wildman–Crippen MR) is 135 cm³/mol. The number of likely N-dealkylation sites (N-methyl/N-ethyl adjacent to an activating group) is 1. The zero-order valence-corrected chi connectivity index (χ0v) is 20.2. The van der Waals surface area contributed by atoms with Crippen molar-refractivity contribution in [1.82, 2.24) is 9.80 Å². The summed E-state index contributed by atoms with van der Waals surface area (Å²) in [5, 5.41) is 3.09. The largest absolute Gasteiger partial charge is 0.490 e. The second-order valence-corrected chi connectivity index (χ2v) is 9.40. The SMILES string of the molecule is CCN1CCN(c2ccc(NC(=O)CN3CCC[C@H]3c3ccc4c(c3)OCCCO4)cc2)CC1. The number of amides is 1. The first-order valence-electron chi connectivity index (χ1n) is 12.7. The van der Waals surface area contributed by atoms with Gasteiger partial charge in [0.15, 0.2) is 11.5 Å². The number of rotatable bonds is 6. The van der Waals surface area contributed by atoms with E-state index in [2.05, 4.69) is 51.2 Å². The average molecular weight is 465 g/mol. The quantitative estimate of drug-likeness (QED) is 0.703. The monoisotopic (exact) mass is 464 g/mol. The minimum atomic E-state index is 0.0329. The van der Waals surface area contributed by atoms with Gasteiger partial charge in [0.1, 0.15) is 0 Å². The number of nitrogens with zero attached hydrogens (tertiary/aromatic N) is 3. The molecule has 7 nitrogen and oxygen atoms in total. The van der Waals surface area contributed by atoms with Gasteiger partial charge in [0.2, 0.25) is 5.91 Å². The van der Waals surface area contributed by atoms with Crippen molar-refractivity contribution in [1.29, 1.82) is 0 Å². The van der Waals surface area contributed by atoms with Crippen molar-refractivity contribution >= 4 is 17.3 Å². The van der Waals surface area contributed by atoms with Crippen molar-refractivity contribution in [3.63, 3.8) is 0 Å². The van der Waals surface area contributed by atoms with Crippen molar-refractivity contribution in [2.75, 3.05) is 69.2 Å². The lowest BCUT2D eigenvalue weighted by atomic mass is 10.0. The number of likely N-dealkylation sites (tertiary alicyclic amines) is 1. The first kappa shape index (κ1) is 23.0. The molecule has 182 valence electrons. The van der Waals surface area contributed by atoms with E-state index in [-0.39, 0.29) is 11.9 Å². The Morgan fingerprint density at radius 3 is 2.47 bits per heavy atom.